The highest BCUT2D eigenvalue weighted by Gasteiger charge is 2.16. The highest BCUT2D eigenvalue weighted by Crippen LogP contribution is 2.14. The number of hydrogen-bond donors (Lipinski definition) is 1. The first-order chi connectivity index (χ1) is 24.7. The summed E-state index contributed by atoms with van der Waals surface area (Å²) in [4.78, 5) is 11.7. The summed E-state index contributed by atoms with van der Waals surface area (Å²) in [5, 5.41) is 13.2. The van der Waals surface area contributed by atoms with E-state index in [0.29, 0.717) is 13.1 Å². The van der Waals surface area contributed by atoms with Crippen molar-refractivity contribution in [1.29, 1.82) is 0 Å². The van der Waals surface area contributed by atoms with Crippen LogP contribution in [0.5, 0.6) is 0 Å². The van der Waals surface area contributed by atoms with Gasteiger partial charge in [0, 0.05) is 45.8 Å². The van der Waals surface area contributed by atoms with E-state index >= 15 is 0 Å². The van der Waals surface area contributed by atoms with Crippen LogP contribution in [-0.4, -0.2) is 97.2 Å². The number of hydrogen-bond acceptors (Lipinski definition) is 6. The molecule has 6 heteroatoms. The third-order valence-electron chi connectivity index (χ3n) is 11.1. The summed E-state index contributed by atoms with van der Waals surface area (Å²) in [5.74, 6) is 0. The molecule has 0 atom stereocenters. The zero-order chi connectivity index (χ0) is 36.0. The molecule has 1 fully saturated rings. The number of rotatable bonds is 40. The van der Waals surface area contributed by atoms with Gasteiger partial charge in [-0.05, 0) is 38.9 Å². The van der Waals surface area contributed by atoms with E-state index < -0.39 is 0 Å². The van der Waals surface area contributed by atoms with Crippen molar-refractivity contribution in [3.8, 4) is 0 Å². The molecule has 1 N–H and O–H groups in total. The first kappa shape index (κ1) is 47.8. The Labute approximate surface area is 314 Å². The second-order valence-corrected chi connectivity index (χ2v) is 15.9. The van der Waals surface area contributed by atoms with E-state index in [-0.39, 0.29) is 0 Å². The Morgan fingerprint density at radius 3 is 0.960 bits per heavy atom. The molecule has 0 aromatic carbocycles. The van der Waals surface area contributed by atoms with E-state index in [9.17, 15) is 5.21 Å². The maximum Gasteiger partial charge on any atom is 0.0812 e. The second-order valence-electron chi connectivity index (χ2n) is 15.9. The van der Waals surface area contributed by atoms with Gasteiger partial charge in [-0.3, -0.25) is 9.74 Å². The second kappa shape index (κ2) is 38.5. The fourth-order valence-corrected chi connectivity index (χ4v) is 7.53. The minimum atomic E-state index is 0.676. The lowest BCUT2D eigenvalue weighted by Gasteiger charge is -2.32. The highest BCUT2D eigenvalue weighted by atomic mass is 16.7. The minimum absolute atomic E-state index is 0.676. The van der Waals surface area contributed by atoms with Gasteiger partial charge in [0.2, 0.25) is 0 Å². The molecular formula is C44H92N4O2. The maximum absolute atomic E-state index is 9.73. The first-order valence-corrected chi connectivity index (χ1v) is 23.0. The molecule has 0 aromatic heterocycles. The SMILES string of the molecule is CCCCCCCCCCCCN(CCCCCCCCCCCC)CCN(CCCCCCCCCCCC)CCON1CCN(O)CC1. The van der Waals surface area contributed by atoms with Gasteiger partial charge < -0.3 is 10.1 Å². The van der Waals surface area contributed by atoms with E-state index in [1.54, 1.807) is 0 Å². The van der Waals surface area contributed by atoms with Gasteiger partial charge in [0.05, 0.1) is 6.61 Å². The third-order valence-corrected chi connectivity index (χ3v) is 11.1. The Bertz CT molecular complexity index is 622. The lowest BCUT2D eigenvalue weighted by Crippen LogP contribution is -2.45. The first-order valence-electron chi connectivity index (χ1n) is 23.0. The molecule has 0 unspecified atom stereocenters. The average Bonchev–Trinajstić information content (AvgIpc) is 3.12. The number of nitrogens with zero attached hydrogens (tertiary/aromatic N) is 4. The van der Waals surface area contributed by atoms with Crippen LogP contribution in [0, 0.1) is 0 Å². The summed E-state index contributed by atoms with van der Waals surface area (Å²) in [6, 6.07) is 0. The molecule has 1 heterocycles. The van der Waals surface area contributed by atoms with E-state index in [4.69, 9.17) is 4.84 Å². The summed E-state index contributed by atoms with van der Waals surface area (Å²) in [6.45, 7) is 17.8. The van der Waals surface area contributed by atoms with E-state index in [0.717, 1.165) is 26.2 Å². The van der Waals surface area contributed by atoms with Gasteiger partial charge in [0.1, 0.15) is 0 Å². The predicted molar refractivity (Wildman–Crippen MR) is 219 cm³/mol. The molecule has 1 rings (SSSR count). The van der Waals surface area contributed by atoms with Crippen LogP contribution in [0.4, 0.5) is 0 Å². The molecule has 0 spiro atoms. The molecule has 1 aliphatic heterocycles. The monoisotopic (exact) mass is 709 g/mol. The summed E-state index contributed by atoms with van der Waals surface area (Å²) < 4.78 is 0. The standard InChI is InChI=1S/C44H92N4O2/c1-4-7-10-13-16-19-22-25-28-31-34-45(35-32-29-26-23-20-17-14-11-8-5-2)37-38-46(43-44-50-48-41-39-47(49)40-42-48)36-33-30-27-24-21-18-15-12-9-6-3/h49H,4-44H2,1-3H3. The van der Waals surface area contributed by atoms with Crippen LogP contribution >= 0.6 is 0 Å². The van der Waals surface area contributed by atoms with Crippen molar-refractivity contribution in [3.63, 3.8) is 0 Å². The normalized spacial score (nSPS) is 14.5. The lowest BCUT2D eigenvalue weighted by molar-refractivity contribution is -0.217. The smallest absolute Gasteiger partial charge is 0.0812 e. The van der Waals surface area contributed by atoms with Crippen LogP contribution in [0.15, 0.2) is 0 Å². The summed E-state index contributed by atoms with van der Waals surface area (Å²) in [7, 11) is 0. The summed E-state index contributed by atoms with van der Waals surface area (Å²) in [5.41, 5.74) is 0. The fourth-order valence-electron chi connectivity index (χ4n) is 7.53. The molecule has 0 aromatic rings. The Kier molecular flexibility index (Phi) is 36.8. The molecule has 1 saturated heterocycles. The molecule has 0 bridgehead atoms. The van der Waals surface area contributed by atoms with Crippen molar-refractivity contribution >= 4 is 0 Å². The fraction of sp³-hybridized carbons (Fsp3) is 1.00. The Balaban J connectivity index is 2.48. The van der Waals surface area contributed by atoms with E-state index in [2.05, 4.69) is 35.6 Å². The van der Waals surface area contributed by atoms with Crippen LogP contribution in [0.25, 0.3) is 0 Å². The predicted octanol–water partition coefficient (Wildman–Crippen LogP) is 12.3. The number of hydroxylamine groups is 4. The molecule has 50 heavy (non-hydrogen) atoms. The van der Waals surface area contributed by atoms with Crippen molar-refractivity contribution in [2.75, 3.05) is 72.1 Å². The van der Waals surface area contributed by atoms with Crippen molar-refractivity contribution < 1.29 is 10.0 Å². The molecule has 0 saturated carbocycles. The van der Waals surface area contributed by atoms with Crippen molar-refractivity contribution in [2.45, 2.75) is 213 Å². The summed E-state index contributed by atoms with van der Waals surface area (Å²) >= 11 is 0. The van der Waals surface area contributed by atoms with Crippen molar-refractivity contribution in [2.24, 2.45) is 0 Å². The van der Waals surface area contributed by atoms with Gasteiger partial charge in [0.15, 0.2) is 0 Å². The molecule has 1 aliphatic rings. The van der Waals surface area contributed by atoms with Gasteiger partial charge in [-0.15, -0.1) is 0 Å². The average molecular weight is 709 g/mol. The zero-order valence-corrected chi connectivity index (χ0v) is 34.6. The van der Waals surface area contributed by atoms with Gasteiger partial charge in [-0.25, -0.2) is 0 Å². The van der Waals surface area contributed by atoms with E-state index in [1.807, 2.05) is 0 Å². The quantitative estimate of drug-likeness (QED) is 0.0639. The molecule has 0 aliphatic carbocycles. The Morgan fingerprint density at radius 2 is 0.640 bits per heavy atom. The number of unbranched alkanes of at least 4 members (excludes halogenated alkanes) is 27. The third kappa shape index (κ3) is 32.4. The van der Waals surface area contributed by atoms with Crippen molar-refractivity contribution in [1.82, 2.24) is 19.9 Å². The molecule has 6 nitrogen and oxygen atoms in total. The van der Waals surface area contributed by atoms with Crippen LogP contribution < -0.4 is 0 Å². The van der Waals surface area contributed by atoms with Crippen LogP contribution in [0.2, 0.25) is 0 Å². The molecule has 300 valence electrons. The Morgan fingerprint density at radius 1 is 0.360 bits per heavy atom. The van der Waals surface area contributed by atoms with Crippen molar-refractivity contribution in [3.05, 3.63) is 0 Å². The molecule has 0 amide bonds. The van der Waals surface area contributed by atoms with Gasteiger partial charge in [0.25, 0.3) is 0 Å². The van der Waals surface area contributed by atoms with Gasteiger partial charge in [-0.2, -0.15) is 10.1 Å². The largest absolute Gasteiger partial charge is 0.314 e. The zero-order valence-electron chi connectivity index (χ0n) is 34.6. The topological polar surface area (TPSA) is 42.4 Å². The highest BCUT2D eigenvalue weighted by molar-refractivity contribution is 4.66. The van der Waals surface area contributed by atoms with Gasteiger partial charge >= 0.3 is 0 Å². The lowest BCUT2D eigenvalue weighted by atomic mass is 10.1. The summed E-state index contributed by atoms with van der Waals surface area (Å²) in [6.07, 6.45) is 42.3. The maximum atomic E-state index is 9.73. The number of piperazine rings is 1. The van der Waals surface area contributed by atoms with Gasteiger partial charge in [-0.1, -0.05) is 194 Å². The Hall–Kier alpha value is -0.240. The van der Waals surface area contributed by atoms with Crippen LogP contribution in [0.1, 0.15) is 213 Å². The van der Waals surface area contributed by atoms with Crippen LogP contribution in [0.3, 0.4) is 0 Å². The molecular weight excluding hydrogens is 617 g/mol. The molecule has 0 radical (unpaired) electrons. The van der Waals surface area contributed by atoms with Crippen LogP contribution in [-0.2, 0) is 4.84 Å². The van der Waals surface area contributed by atoms with E-state index in [1.165, 1.54) is 230 Å². The minimum Gasteiger partial charge on any atom is -0.314 e.